The number of carbonyl (C=O) groups is 3. The van der Waals surface area contributed by atoms with Crippen LogP contribution in [0.25, 0.3) is 11.1 Å². The van der Waals surface area contributed by atoms with Gasteiger partial charge in [0.1, 0.15) is 6.61 Å². The topological polar surface area (TPSA) is 114 Å². The minimum absolute atomic E-state index is 0.0331. The number of benzene rings is 2. The van der Waals surface area contributed by atoms with E-state index in [1.54, 1.807) is 20.0 Å². The summed E-state index contributed by atoms with van der Waals surface area (Å²) < 4.78 is 7.12. The maximum atomic E-state index is 13.3. The lowest BCUT2D eigenvalue weighted by molar-refractivity contribution is -0.139. The van der Waals surface area contributed by atoms with E-state index in [-0.39, 0.29) is 25.5 Å². The van der Waals surface area contributed by atoms with E-state index in [1.807, 2.05) is 36.4 Å². The lowest BCUT2D eigenvalue weighted by atomic mass is 9.98. The lowest BCUT2D eigenvalue weighted by Gasteiger charge is -2.26. The van der Waals surface area contributed by atoms with Gasteiger partial charge in [0.05, 0.1) is 12.1 Å². The lowest BCUT2D eigenvalue weighted by Crippen LogP contribution is -2.44. The number of hydrogen-bond donors (Lipinski definition) is 2. The van der Waals surface area contributed by atoms with Crippen molar-refractivity contribution in [3.05, 3.63) is 77.6 Å². The number of amides is 2. The van der Waals surface area contributed by atoms with Crippen LogP contribution in [-0.2, 0) is 21.4 Å². The number of alkyl carbamates (subject to hydrolysis) is 1. The van der Waals surface area contributed by atoms with E-state index in [0.717, 1.165) is 22.3 Å². The summed E-state index contributed by atoms with van der Waals surface area (Å²) in [6.07, 6.45) is 0.603. The number of hydrogen-bond acceptors (Lipinski definition) is 5. The number of nitrogens with one attached hydrogen (secondary N) is 1. The summed E-state index contributed by atoms with van der Waals surface area (Å²) in [5.74, 6) is -1.54. The Labute approximate surface area is 203 Å². The second-order valence-corrected chi connectivity index (χ2v) is 8.34. The summed E-state index contributed by atoms with van der Waals surface area (Å²) in [4.78, 5) is 38.6. The maximum Gasteiger partial charge on any atom is 0.408 e. The molecule has 9 heteroatoms. The van der Waals surface area contributed by atoms with Crippen molar-refractivity contribution >= 4 is 18.0 Å². The average molecular weight is 477 g/mol. The molecule has 0 radical (unpaired) electrons. The fourth-order valence-electron chi connectivity index (χ4n) is 4.52. The van der Waals surface area contributed by atoms with E-state index in [1.165, 1.54) is 15.8 Å². The third-order valence-corrected chi connectivity index (χ3v) is 6.30. The maximum absolute atomic E-state index is 13.3. The summed E-state index contributed by atoms with van der Waals surface area (Å²) in [7, 11) is 1.67. The molecule has 2 amide bonds. The number of aromatic nitrogens is 2. The SMILES string of the molecule is CCN(CCC(=O)O)C(=O)C(NC(=O)OCC1c2ccccc2-c2ccccc21)c1ccnn1C. The van der Waals surface area contributed by atoms with Crippen molar-refractivity contribution in [3.63, 3.8) is 0 Å². The smallest absolute Gasteiger partial charge is 0.408 e. The van der Waals surface area contributed by atoms with Crippen LogP contribution in [0.2, 0.25) is 0 Å². The Balaban J connectivity index is 1.50. The molecule has 182 valence electrons. The predicted octanol–water partition coefficient (Wildman–Crippen LogP) is 3.32. The third kappa shape index (κ3) is 5.03. The first-order valence-electron chi connectivity index (χ1n) is 11.5. The number of likely N-dealkylation sites (N-methyl/N-ethyl adjacent to an activating group) is 1. The molecule has 0 fully saturated rings. The van der Waals surface area contributed by atoms with E-state index in [2.05, 4.69) is 22.5 Å². The Hall–Kier alpha value is -4.14. The van der Waals surface area contributed by atoms with Gasteiger partial charge in [-0.05, 0) is 35.2 Å². The number of aliphatic carboxylic acids is 1. The quantitative estimate of drug-likeness (QED) is 0.490. The predicted molar refractivity (Wildman–Crippen MR) is 129 cm³/mol. The highest BCUT2D eigenvalue weighted by Crippen LogP contribution is 2.44. The van der Waals surface area contributed by atoms with Gasteiger partial charge in [-0.25, -0.2) is 4.79 Å². The van der Waals surface area contributed by atoms with E-state index in [0.29, 0.717) is 12.2 Å². The first-order chi connectivity index (χ1) is 16.9. The zero-order valence-electron chi connectivity index (χ0n) is 19.7. The van der Waals surface area contributed by atoms with Crippen molar-refractivity contribution in [2.24, 2.45) is 7.05 Å². The molecule has 2 N–H and O–H groups in total. The fraction of sp³-hybridized carbons (Fsp3) is 0.308. The zero-order chi connectivity index (χ0) is 24.9. The Bertz CT molecular complexity index is 1190. The van der Waals surface area contributed by atoms with E-state index in [9.17, 15) is 14.4 Å². The molecule has 1 aromatic heterocycles. The van der Waals surface area contributed by atoms with Crippen LogP contribution < -0.4 is 5.32 Å². The van der Waals surface area contributed by atoms with Crippen molar-refractivity contribution in [1.29, 1.82) is 0 Å². The average Bonchev–Trinajstić information content (AvgIpc) is 3.42. The van der Waals surface area contributed by atoms with Crippen LogP contribution in [0.3, 0.4) is 0 Å². The van der Waals surface area contributed by atoms with Crippen LogP contribution >= 0.6 is 0 Å². The van der Waals surface area contributed by atoms with Gasteiger partial charge in [0.25, 0.3) is 5.91 Å². The summed E-state index contributed by atoms with van der Waals surface area (Å²) in [5, 5.41) is 15.8. The van der Waals surface area contributed by atoms with Crippen molar-refractivity contribution < 1.29 is 24.2 Å². The van der Waals surface area contributed by atoms with Crippen molar-refractivity contribution in [1.82, 2.24) is 20.0 Å². The first kappa shape index (κ1) is 24.0. The second kappa shape index (κ2) is 10.4. The van der Waals surface area contributed by atoms with Crippen molar-refractivity contribution in [2.75, 3.05) is 19.7 Å². The number of ether oxygens (including phenoxy) is 1. The highest BCUT2D eigenvalue weighted by atomic mass is 16.5. The molecule has 0 aliphatic heterocycles. The van der Waals surface area contributed by atoms with Gasteiger partial charge in [0.15, 0.2) is 6.04 Å². The van der Waals surface area contributed by atoms with E-state index < -0.39 is 24.0 Å². The van der Waals surface area contributed by atoms with Crippen LogP contribution in [0.5, 0.6) is 0 Å². The highest BCUT2D eigenvalue weighted by molar-refractivity contribution is 5.87. The number of carbonyl (C=O) groups excluding carboxylic acids is 2. The second-order valence-electron chi connectivity index (χ2n) is 8.34. The summed E-state index contributed by atoms with van der Waals surface area (Å²) in [5.41, 5.74) is 4.89. The molecule has 0 saturated heterocycles. The zero-order valence-corrected chi connectivity index (χ0v) is 19.7. The van der Waals surface area contributed by atoms with Gasteiger partial charge in [-0.1, -0.05) is 48.5 Å². The van der Waals surface area contributed by atoms with Crippen molar-refractivity contribution in [2.45, 2.75) is 25.3 Å². The van der Waals surface area contributed by atoms with Crippen LogP contribution in [0.1, 0.15) is 42.1 Å². The molecule has 0 spiro atoms. The summed E-state index contributed by atoms with van der Waals surface area (Å²) in [6, 6.07) is 16.7. The molecule has 1 atom stereocenters. The van der Waals surface area contributed by atoms with Crippen molar-refractivity contribution in [3.8, 4) is 11.1 Å². The minimum Gasteiger partial charge on any atom is -0.481 e. The monoisotopic (exact) mass is 476 g/mol. The van der Waals surface area contributed by atoms with Gasteiger partial charge in [-0.2, -0.15) is 5.10 Å². The molecular weight excluding hydrogens is 448 g/mol. The normalized spacial score (nSPS) is 13.0. The number of aryl methyl sites for hydroxylation is 1. The van der Waals surface area contributed by atoms with Gasteiger partial charge >= 0.3 is 12.1 Å². The number of nitrogens with zero attached hydrogens (tertiary/aromatic N) is 3. The molecule has 2 aromatic carbocycles. The number of fused-ring (bicyclic) bond motifs is 3. The number of carboxylic acids is 1. The van der Waals surface area contributed by atoms with Crippen LogP contribution in [0, 0.1) is 0 Å². The molecule has 4 rings (SSSR count). The molecule has 35 heavy (non-hydrogen) atoms. The van der Waals surface area contributed by atoms with Gasteiger partial charge in [0.2, 0.25) is 0 Å². The van der Waals surface area contributed by atoms with Crippen LogP contribution in [0.15, 0.2) is 60.8 Å². The van der Waals surface area contributed by atoms with E-state index >= 15 is 0 Å². The molecule has 1 aliphatic rings. The molecule has 1 heterocycles. The van der Waals surface area contributed by atoms with Gasteiger partial charge in [-0.15, -0.1) is 0 Å². The van der Waals surface area contributed by atoms with Crippen LogP contribution in [-0.4, -0.2) is 57.5 Å². The van der Waals surface area contributed by atoms with Gasteiger partial charge in [0, 0.05) is 32.3 Å². The van der Waals surface area contributed by atoms with E-state index in [4.69, 9.17) is 9.84 Å². The highest BCUT2D eigenvalue weighted by Gasteiger charge is 2.32. The Kier molecular flexibility index (Phi) is 7.14. The fourth-order valence-corrected chi connectivity index (χ4v) is 4.52. The molecule has 1 unspecified atom stereocenters. The molecule has 9 nitrogen and oxygen atoms in total. The van der Waals surface area contributed by atoms with Gasteiger partial charge in [-0.3, -0.25) is 14.3 Å². The molecule has 0 bridgehead atoms. The Morgan fingerprint density at radius 2 is 1.71 bits per heavy atom. The number of rotatable bonds is 9. The molecule has 3 aromatic rings. The molecule has 0 saturated carbocycles. The third-order valence-electron chi connectivity index (χ3n) is 6.30. The summed E-state index contributed by atoms with van der Waals surface area (Å²) >= 11 is 0. The Morgan fingerprint density at radius 3 is 2.26 bits per heavy atom. The standard InChI is InChI=1S/C26H28N4O5/c1-3-30(15-13-23(31)32)25(33)24(22-12-14-27-29(22)2)28-26(34)35-16-21-19-10-6-4-8-17(19)18-9-5-7-11-20(18)21/h4-12,14,21,24H,3,13,15-16H2,1-2H3,(H,28,34)(H,31,32). The molecular formula is C26H28N4O5. The minimum atomic E-state index is -1.06. The van der Waals surface area contributed by atoms with Crippen LogP contribution in [0.4, 0.5) is 4.79 Å². The first-order valence-corrected chi connectivity index (χ1v) is 11.5. The van der Waals surface area contributed by atoms with Gasteiger partial charge < -0.3 is 20.1 Å². The summed E-state index contributed by atoms with van der Waals surface area (Å²) in [6.45, 7) is 2.20. The Morgan fingerprint density at radius 1 is 1.09 bits per heavy atom. The molecule has 1 aliphatic carbocycles. The largest absolute Gasteiger partial charge is 0.481 e. The number of carboxylic acid groups (broad SMARTS) is 1.